The Morgan fingerprint density at radius 3 is 2.65 bits per heavy atom. The zero-order chi connectivity index (χ0) is 18.7. The van der Waals surface area contributed by atoms with Gasteiger partial charge in [-0.05, 0) is 56.6 Å². The standard InChI is InChI=1S/C21H24N2O3/c1-13-8-21(13,12-22)18-16(19(24)25)11-23-10-15(4-5-17(18)23)14-6-7-26-20(2,3)9-14/h4-5,10-11,13-14H,6-9H2,1-3H3,(H,24,25)/t13-,14-,21-/m0/s1. The van der Waals surface area contributed by atoms with Crippen LogP contribution in [0.5, 0.6) is 0 Å². The van der Waals surface area contributed by atoms with Gasteiger partial charge in [0.2, 0.25) is 0 Å². The van der Waals surface area contributed by atoms with E-state index in [0.29, 0.717) is 11.5 Å². The smallest absolute Gasteiger partial charge is 0.337 e. The minimum atomic E-state index is -0.967. The molecule has 2 aliphatic rings. The fourth-order valence-corrected chi connectivity index (χ4v) is 4.57. The second kappa shape index (κ2) is 5.59. The molecule has 2 aromatic heterocycles. The molecule has 3 atom stereocenters. The van der Waals surface area contributed by atoms with Gasteiger partial charge in [-0.1, -0.05) is 13.0 Å². The molecule has 136 valence electrons. The summed E-state index contributed by atoms with van der Waals surface area (Å²) in [5.74, 6) is -0.383. The van der Waals surface area contributed by atoms with Crippen LogP contribution in [-0.4, -0.2) is 27.7 Å². The number of aromatic carboxylic acids is 1. The van der Waals surface area contributed by atoms with Crippen LogP contribution < -0.4 is 0 Å². The fraction of sp³-hybridized carbons (Fsp3) is 0.524. The van der Waals surface area contributed by atoms with Crippen molar-refractivity contribution in [3.05, 3.63) is 41.2 Å². The van der Waals surface area contributed by atoms with Gasteiger partial charge in [-0.2, -0.15) is 5.26 Å². The molecule has 1 saturated carbocycles. The maximum Gasteiger partial charge on any atom is 0.337 e. The highest BCUT2D eigenvalue weighted by Gasteiger charge is 2.56. The van der Waals surface area contributed by atoms with Crippen LogP contribution in [0.4, 0.5) is 0 Å². The number of nitrogens with zero attached hydrogens (tertiary/aromatic N) is 2. The predicted octanol–water partition coefficient (Wildman–Crippen LogP) is 4.11. The molecule has 4 rings (SSSR count). The molecule has 1 aliphatic carbocycles. The number of aromatic nitrogens is 1. The quantitative estimate of drug-likeness (QED) is 0.902. The maximum atomic E-state index is 11.8. The van der Waals surface area contributed by atoms with Crippen LogP contribution in [0.1, 0.15) is 67.4 Å². The molecule has 26 heavy (non-hydrogen) atoms. The van der Waals surface area contributed by atoms with Gasteiger partial charge in [0.05, 0.1) is 28.2 Å². The lowest BCUT2D eigenvalue weighted by molar-refractivity contribution is -0.0593. The lowest BCUT2D eigenvalue weighted by Gasteiger charge is -2.35. The van der Waals surface area contributed by atoms with Crippen molar-refractivity contribution in [3.63, 3.8) is 0 Å². The number of ether oxygens (including phenoxy) is 1. The minimum absolute atomic E-state index is 0.139. The first kappa shape index (κ1) is 17.1. The average Bonchev–Trinajstić information content (AvgIpc) is 3.09. The van der Waals surface area contributed by atoms with Gasteiger partial charge in [-0.15, -0.1) is 0 Å². The van der Waals surface area contributed by atoms with Crippen LogP contribution in [0.25, 0.3) is 5.52 Å². The molecular formula is C21H24N2O3. The van der Waals surface area contributed by atoms with Crippen molar-refractivity contribution < 1.29 is 14.6 Å². The summed E-state index contributed by atoms with van der Waals surface area (Å²) in [5.41, 5.74) is 2.16. The van der Waals surface area contributed by atoms with Crippen molar-refractivity contribution >= 4 is 11.5 Å². The Hall–Kier alpha value is -2.32. The zero-order valence-electron chi connectivity index (χ0n) is 15.5. The van der Waals surface area contributed by atoms with Crippen LogP contribution in [-0.2, 0) is 10.2 Å². The molecule has 1 saturated heterocycles. The van der Waals surface area contributed by atoms with Crippen LogP contribution in [0.3, 0.4) is 0 Å². The highest BCUT2D eigenvalue weighted by Crippen LogP contribution is 2.56. The van der Waals surface area contributed by atoms with Crippen LogP contribution in [0, 0.1) is 17.2 Å². The van der Waals surface area contributed by atoms with Crippen LogP contribution in [0.2, 0.25) is 0 Å². The molecule has 2 fully saturated rings. The number of hydrogen-bond donors (Lipinski definition) is 1. The summed E-state index contributed by atoms with van der Waals surface area (Å²) in [6.45, 7) is 6.97. The van der Waals surface area contributed by atoms with Gasteiger partial charge in [0.25, 0.3) is 0 Å². The Bertz CT molecular complexity index is 937. The molecule has 1 N–H and O–H groups in total. The monoisotopic (exact) mass is 352 g/mol. The topological polar surface area (TPSA) is 74.7 Å². The Balaban J connectivity index is 1.81. The van der Waals surface area contributed by atoms with E-state index in [1.54, 1.807) is 6.20 Å². The number of nitriles is 1. The van der Waals surface area contributed by atoms with E-state index < -0.39 is 11.4 Å². The van der Waals surface area contributed by atoms with Gasteiger partial charge in [0.15, 0.2) is 0 Å². The first-order chi connectivity index (χ1) is 12.3. The Morgan fingerprint density at radius 2 is 2.08 bits per heavy atom. The molecule has 5 nitrogen and oxygen atoms in total. The van der Waals surface area contributed by atoms with Crippen molar-refractivity contribution in [2.45, 2.75) is 57.0 Å². The van der Waals surface area contributed by atoms with Crippen LogP contribution in [0.15, 0.2) is 24.5 Å². The molecule has 0 radical (unpaired) electrons. The largest absolute Gasteiger partial charge is 0.478 e. The molecule has 2 aromatic rings. The van der Waals surface area contributed by atoms with Gasteiger partial charge < -0.3 is 14.2 Å². The van der Waals surface area contributed by atoms with E-state index in [-0.39, 0.29) is 17.1 Å². The summed E-state index contributed by atoms with van der Waals surface area (Å²) in [6.07, 6.45) is 6.34. The van der Waals surface area contributed by atoms with Gasteiger partial charge >= 0.3 is 5.97 Å². The van der Waals surface area contributed by atoms with E-state index in [0.717, 1.165) is 31.4 Å². The summed E-state index contributed by atoms with van der Waals surface area (Å²) in [4.78, 5) is 11.8. The number of rotatable bonds is 3. The van der Waals surface area contributed by atoms with Crippen LogP contribution >= 0.6 is 0 Å². The van der Waals surface area contributed by atoms with E-state index in [4.69, 9.17) is 4.74 Å². The summed E-state index contributed by atoms with van der Waals surface area (Å²) >= 11 is 0. The molecule has 1 aliphatic heterocycles. The van der Waals surface area contributed by atoms with E-state index in [9.17, 15) is 15.2 Å². The average molecular weight is 352 g/mol. The molecule has 0 unspecified atom stereocenters. The van der Waals surface area contributed by atoms with Gasteiger partial charge in [-0.25, -0.2) is 4.79 Å². The first-order valence-electron chi connectivity index (χ1n) is 9.21. The van der Waals surface area contributed by atoms with Gasteiger partial charge in [-0.3, -0.25) is 0 Å². The van der Waals surface area contributed by atoms with E-state index in [1.165, 1.54) is 5.56 Å². The molecule has 0 bridgehead atoms. The number of hydrogen-bond acceptors (Lipinski definition) is 3. The number of carbonyl (C=O) groups is 1. The van der Waals surface area contributed by atoms with Crippen molar-refractivity contribution in [1.82, 2.24) is 4.40 Å². The number of pyridine rings is 1. The number of carboxylic acids is 1. The highest BCUT2D eigenvalue weighted by atomic mass is 16.5. The van der Waals surface area contributed by atoms with Gasteiger partial charge in [0.1, 0.15) is 0 Å². The molecule has 0 aromatic carbocycles. The van der Waals surface area contributed by atoms with E-state index in [1.807, 2.05) is 23.6 Å². The first-order valence-corrected chi connectivity index (χ1v) is 9.21. The Kier molecular flexibility index (Phi) is 3.68. The van der Waals surface area contributed by atoms with Crippen molar-refractivity contribution in [1.29, 1.82) is 5.26 Å². The summed E-state index contributed by atoms with van der Waals surface area (Å²) in [6, 6.07) is 6.47. The van der Waals surface area contributed by atoms with Crippen molar-refractivity contribution in [2.75, 3.05) is 6.61 Å². The fourth-order valence-electron chi connectivity index (χ4n) is 4.57. The summed E-state index contributed by atoms with van der Waals surface area (Å²) < 4.78 is 7.72. The highest BCUT2D eigenvalue weighted by molar-refractivity contribution is 5.94. The summed E-state index contributed by atoms with van der Waals surface area (Å²) in [5, 5.41) is 19.4. The third-order valence-corrected chi connectivity index (χ3v) is 6.15. The van der Waals surface area contributed by atoms with Crippen molar-refractivity contribution in [3.8, 4) is 6.07 Å². The third kappa shape index (κ3) is 2.52. The van der Waals surface area contributed by atoms with E-state index in [2.05, 4.69) is 26.0 Å². The number of fused-ring (bicyclic) bond motifs is 1. The van der Waals surface area contributed by atoms with Gasteiger partial charge in [0, 0.05) is 24.6 Å². The Labute approximate surface area is 153 Å². The zero-order valence-corrected chi connectivity index (χ0v) is 15.5. The van der Waals surface area contributed by atoms with E-state index >= 15 is 0 Å². The minimum Gasteiger partial charge on any atom is -0.478 e. The lowest BCUT2D eigenvalue weighted by atomic mass is 9.84. The third-order valence-electron chi connectivity index (χ3n) is 6.15. The molecule has 0 amide bonds. The normalized spacial score (nSPS) is 30.1. The molecule has 0 spiro atoms. The molecule has 5 heteroatoms. The second-order valence-corrected chi connectivity index (χ2v) is 8.46. The SMILES string of the molecule is C[C@H]1C[C@@]1(C#N)c1c(C(=O)O)cn2cc([C@H]3CCOC(C)(C)C3)ccc12. The van der Waals surface area contributed by atoms with Crippen molar-refractivity contribution in [2.24, 2.45) is 5.92 Å². The second-order valence-electron chi connectivity index (χ2n) is 8.46. The molecular weight excluding hydrogens is 328 g/mol. The maximum absolute atomic E-state index is 11.8. The number of carboxylic acid groups (broad SMARTS) is 1. The summed E-state index contributed by atoms with van der Waals surface area (Å²) in [7, 11) is 0. The molecule has 3 heterocycles. The predicted molar refractivity (Wildman–Crippen MR) is 97.4 cm³/mol. The Morgan fingerprint density at radius 1 is 1.35 bits per heavy atom. The lowest BCUT2D eigenvalue weighted by Crippen LogP contribution is -2.33.